The summed E-state index contributed by atoms with van der Waals surface area (Å²) >= 11 is 1.51. The molecule has 2 aromatic heterocycles. The molecule has 2 heterocycles. The zero-order valence-electron chi connectivity index (χ0n) is 17.3. The average Bonchev–Trinajstić information content (AvgIpc) is 3.48. The first-order valence-electron chi connectivity index (χ1n) is 10.3. The van der Waals surface area contributed by atoms with Crippen LogP contribution in [-0.4, -0.2) is 39.0 Å². The number of hydrogen-bond donors (Lipinski definition) is 2. The van der Waals surface area contributed by atoms with Crippen LogP contribution in [0.15, 0.2) is 52.6 Å². The maximum absolute atomic E-state index is 12.0. The van der Waals surface area contributed by atoms with Gasteiger partial charge in [0.1, 0.15) is 23.2 Å². The van der Waals surface area contributed by atoms with Gasteiger partial charge in [0.25, 0.3) is 0 Å². The van der Waals surface area contributed by atoms with Crippen LogP contribution in [-0.2, 0) is 11.2 Å². The van der Waals surface area contributed by atoms with E-state index in [1.807, 2.05) is 36.4 Å². The first-order valence-corrected chi connectivity index (χ1v) is 11.2. The van der Waals surface area contributed by atoms with Gasteiger partial charge in [0.05, 0.1) is 6.20 Å². The normalized spacial score (nSPS) is 13.3. The Kier molecular flexibility index (Phi) is 6.32. The number of anilines is 3. The third-order valence-corrected chi connectivity index (χ3v) is 5.96. The second-order valence-corrected chi connectivity index (χ2v) is 8.37. The molecule has 1 saturated carbocycles. The largest absolute Gasteiger partial charge is 0.357 e. The van der Waals surface area contributed by atoms with Crippen LogP contribution in [0.1, 0.15) is 32.3 Å². The van der Waals surface area contributed by atoms with Crippen molar-refractivity contribution in [3.8, 4) is 0 Å². The second kappa shape index (κ2) is 9.30. The van der Waals surface area contributed by atoms with E-state index in [2.05, 4.69) is 39.2 Å². The molecule has 0 atom stereocenters. The number of ketones is 1. The second-order valence-electron chi connectivity index (χ2n) is 7.32. The Balaban J connectivity index is 1.52. The Morgan fingerprint density at radius 2 is 1.93 bits per heavy atom. The van der Waals surface area contributed by atoms with Gasteiger partial charge in [0.2, 0.25) is 0 Å². The van der Waals surface area contributed by atoms with Crippen molar-refractivity contribution in [2.75, 3.05) is 23.3 Å². The molecule has 1 aromatic carbocycles. The monoisotopic (exact) mass is 422 g/mol. The first kappa shape index (κ1) is 20.4. The molecular formula is C22H26N6OS. The van der Waals surface area contributed by atoms with Gasteiger partial charge in [-0.05, 0) is 56.1 Å². The summed E-state index contributed by atoms with van der Waals surface area (Å²) in [5.41, 5.74) is 1.07. The molecule has 1 fully saturated rings. The predicted molar refractivity (Wildman–Crippen MR) is 119 cm³/mol. The van der Waals surface area contributed by atoms with E-state index in [-0.39, 0.29) is 0 Å². The Bertz CT molecular complexity index is 981. The molecule has 156 valence electrons. The molecule has 1 aliphatic carbocycles. The maximum atomic E-state index is 12.0. The fraction of sp³-hybridized carbons (Fsp3) is 0.364. The summed E-state index contributed by atoms with van der Waals surface area (Å²) in [4.78, 5) is 24.7. The topological polar surface area (TPSA) is 86.8 Å². The van der Waals surface area contributed by atoms with Gasteiger partial charge in [-0.3, -0.25) is 9.89 Å². The van der Waals surface area contributed by atoms with Crippen LogP contribution in [0.4, 0.5) is 17.5 Å². The molecule has 0 saturated heterocycles. The third-order valence-electron chi connectivity index (χ3n) is 5.09. The lowest BCUT2D eigenvalue weighted by molar-refractivity contribution is -0.119. The van der Waals surface area contributed by atoms with E-state index >= 15 is 0 Å². The molecule has 0 aliphatic heterocycles. The summed E-state index contributed by atoms with van der Waals surface area (Å²) in [6.45, 7) is 5.96. The van der Waals surface area contributed by atoms with Crippen molar-refractivity contribution in [2.24, 2.45) is 5.92 Å². The number of nitrogens with one attached hydrogen (secondary N) is 2. The van der Waals surface area contributed by atoms with Gasteiger partial charge < -0.3 is 10.2 Å². The minimum Gasteiger partial charge on any atom is -0.357 e. The molecule has 0 spiro atoms. The fourth-order valence-electron chi connectivity index (χ4n) is 3.23. The summed E-state index contributed by atoms with van der Waals surface area (Å²) in [5, 5.41) is 10.8. The number of aromatic amines is 1. The number of carbonyl (C=O) groups is 1. The highest BCUT2D eigenvalue weighted by molar-refractivity contribution is 7.99. The Morgan fingerprint density at radius 1 is 1.17 bits per heavy atom. The lowest BCUT2D eigenvalue weighted by Gasteiger charge is -2.21. The van der Waals surface area contributed by atoms with E-state index in [4.69, 9.17) is 4.98 Å². The van der Waals surface area contributed by atoms with Crippen molar-refractivity contribution in [3.63, 3.8) is 0 Å². The molecule has 2 N–H and O–H groups in total. The lowest BCUT2D eigenvalue weighted by Crippen LogP contribution is -2.23. The standard InChI is InChI=1S/C22H26N6OS/c1-3-28(4-2)21-14-20(24-19-11-12-23-27-19)25-22(26-21)30-17-9-5-15(6-10-17)13-18(29)16-7-8-16/h5-6,9-12,14,16H,3-4,7-8,13H2,1-2H3,(H2,23,24,25,26,27). The highest BCUT2D eigenvalue weighted by Crippen LogP contribution is 2.32. The van der Waals surface area contributed by atoms with Gasteiger partial charge in [-0.15, -0.1) is 0 Å². The van der Waals surface area contributed by atoms with Crippen LogP contribution in [0.5, 0.6) is 0 Å². The number of benzene rings is 1. The first-order chi connectivity index (χ1) is 14.6. The van der Waals surface area contributed by atoms with E-state index in [1.165, 1.54) is 11.8 Å². The predicted octanol–water partition coefficient (Wildman–Crippen LogP) is 4.46. The van der Waals surface area contributed by atoms with Crippen LogP contribution in [0.25, 0.3) is 0 Å². The van der Waals surface area contributed by atoms with Crippen LogP contribution < -0.4 is 10.2 Å². The molecule has 8 heteroatoms. The fourth-order valence-corrected chi connectivity index (χ4v) is 3.99. The maximum Gasteiger partial charge on any atom is 0.196 e. The number of nitrogens with zero attached hydrogens (tertiary/aromatic N) is 4. The summed E-state index contributed by atoms with van der Waals surface area (Å²) < 4.78 is 0. The third kappa shape index (κ3) is 5.18. The molecular weight excluding hydrogens is 396 g/mol. The van der Waals surface area contributed by atoms with E-state index in [1.54, 1.807) is 6.20 Å². The Morgan fingerprint density at radius 3 is 2.57 bits per heavy atom. The van der Waals surface area contributed by atoms with E-state index in [9.17, 15) is 4.79 Å². The van der Waals surface area contributed by atoms with Crippen LogP contribution in [0, 0.1) is 5.92 Å². The summed E-state index contributed by atoms with van der Waals surface area (Å²) in [7, 11) is 0. The molecule has 0 unspecified atom stereocenters. The molecule has 0 radical (unpaired) electrons. The zero-order chi connectivity index (χ0) is 20.9. The highest BCUT2D eigenvalue weighted by atomic mass is 32.2. The Labute approximate surface area is 180 Å². The molecule has 4 rings (SSSR count). The molecule has 30 heavy (non-hydrogen) atoms. The SMILES string of the molecule is CCN(CC)c1cc(Nc2ccn[nH]2)nc(Sc2ccc(CC(=O)C3CC3)cc2)n1. The molecule has 1 aliphatic rings. The summed E-state index contributed by atoms with van der Waals surface area (Å²) in [6, 6.07) is 11.9. The lowest BCUT2D eigenvalue weighted by atomic mass is 10.1. The van der Waals surface area contributed by atoms with Crippen LogP contribution in [0.3, 0.4) is 0 Å². The Hall–Kier alpha value is -2.87. The van der Waals surface area contributed by atoms with Crippen molar-refractivity contribution < 1.29 is 4.79 Å². The minimum absolute atomic E-state index is 0.302. The van der Waals surface area contributed by atoms with Crippen LogP contribution in [0.2, 0.25) is 0 Å². The van der Waals surface area contributed by atoms with E-state index in [0.717, 1.165) is 48.0 Å². The smallest absolute Gasteiger partial charge is 0.196 e. The number of aromatic nitrogens is 4. The molecule has 0 bridgehead atoms. The zero-order valence-corrected chi connectivity index (χ0v) is 18.1. The van der Waals surface area contributed by atoms with Crippen molar-refractivity contribution in [1.82, 2.24) is 20.2 Å². The molecule has 7 nitrogen and oxygen atoms in total. The van der Waals surface area contributed by atoms with Gasteiger partial charge >= 0.3 is 0 Å². The number of Topliss-reactive ketones (excluding diaryl/α,β-unsaturated/α-hetero) is 1. The minimum atomic E-state index is 0.302. The number of hydrogen-bond acceptors (Lipinski definition) is 7. The molecule has 3 aromatic rings. The van der Waals surface area contributed by atoms with Crippen molar-refractivity contribution in [3.05, 3.63) is 48.2 Å². The van der Waals surface area contributed by atoms with E-state index in [0.29, 0.717) is 29.1 Å². The van der Waals surface area contributed by atoms with Gasteiger partial charge in [-0.2, -0.15) is 5.10 Å². The highest BCUT2D eigenvalue weighted by Gasteiger charge is 2.29. The number of H-pyrrole nitrogens is 1. The van der Waals surface area contributed by atoms with Gasteiger partial charge in [-0.25, -0.2) is 9.97 Å². The van der Waals surface area contributed by atoms with E-state index < -0.39 is 0 Å². The van der Waals surface area contributed by atoms with Crippen molar-refractivity contribution in [2.45, 2.75) is 43.2 Å². The van der Waals surface area contributed by atoms with Crippen molar-refractivity contribution >= 4 is 35.0 Å². The van der Waals surface area contributed by atoms with Gasteiger partial charge in [0, 0.05) is 42.5 Å². The van der Waals surface area contributed by atoms with Gasteiger partial charge in [-0.1, -0.05) is 12.1 Å². The van der Waals surface area contributed by atoms with Gasteiger partial charge in [0.15, 0.2) is 5.16 Å². The van der Waals surface area contributed by atoms with Crippen molar-refractivity contribution in [1.29, 1.82) is 0 Å². The van der Waals surface area contributed by atoms with Crippen LogP contribution >= 0.6 is 11.8 Å². The number of rotatable bonds is 10. The number of carbonyl (C=O) groups excluding carboxylic acids is 1. The summed E-state index contributed by atoms with van der Waals surface area (Å²) in [6.07, 6.45) is 4.34. The summed E-state index contributed by atoms with van der Waals surface area (Å²) in [5.74, 6) is 3.03. The average molecular weight is 423 g/mol. The molecule has 0 amide bonds. The quantitative estimate of drug-likeness (QED) is 0.466.